The Bertz CT molecular complexity index is 867. The summed E-state index contributed by atoms with van der Waals surface area (Å²) in [6.45, 7) is -0.166. The summed E-state index contributed by atoms with van der Waals surface area (Å²) in [5, 5.41) is 9.44. The second-order valence-electron chi connectivity index (χ2n) is 5.66. The average Bonchev–Trinajstić information content (AvgIpc) is 3.17. The number of aliphatic hydroxyl groups excluding tert-OH is 1. The van der Waals surface area contributed by atoms with Gasteiger partial charge >= 0.3 is 0 Å². The molecular formula is C19H15NO3. The van der Waals surface area contributed by atoms with Gasteiger partial charge in [-0.25, -0.2) is 0 Å². The molecule has 1 N–H and O–H groups in total. The smallest absolute Gasteiger partial charge is 0.164 e. The van der Waals surface area contributed by atoms with Gasteiger partial charge in [0.15, 0.2) is 5.78 Å². The summed E-state index contributed by atoms with van der Waals surface area (Å²) in [7, 11) is 0. The van der Waals surface area contributed by atoms with Gasteiger partial charge in [-0.15, -0.1) is 0 Å². The Morgan fingerprint density at radius 3 is 2.70 bits per heavy atom. The molecule has 114 valence electrons. The number of nitrogens with zero attached hydrogens (tertiary/aromatic N) is 1. The van der Waals surface area contributed by atoms with Gasteiger partial charge in [0.2, 0.25) is 0 Å². The van der Waals surface area contributed by atoms with E-state index in [9.17, 15) is 9.90 Å². The molecule has 1 atom stereocenters. The number of ketones is 1. The van der Waals surface area contributed by atoms with Gasteiger partial charge in [-0.05, 0) is 23.8 Å². The monoisotopic (exact) mass is 305 g/mol. The number of benzene rings is 1. The van der Waals surface area contributed by atoms with E-state index in [1.807, 2.05) is 42.5 Å². The molecule has 0 spiro atoms. The zero-order valence-electron chi connectivity index (χ0n) is 12.4. The Balaban J connectivity index is 1.87. The molecule has 0 fully saturated rings. The standard InChI is InChI=1S/C19H15NO3/c21-11-13-9-17(19(23-13)12-5-7-20-8-6-12)16-10-18(22)15-4-2-1-3-14(15)16/h1-9,16,21H,10-11H2. The summed E-state index contributed by atoms with van der Waals surface area (Å²) >= 11 is 0. The van der Waals surface area contributed by atoms with Gasteiger partial charge in [0, 0.05) is 41.4 Å². The highest BCUT2D eigenvalue weighted by atomic mass is 16.4. The van der Waals surface area contributed by atoms with E-state index in [1.54, 1.807) is 12.4 Å². The molecule has 1 aliphatic carbocycles. The Kier molecular flexibility index (Phi) is 3.32. The number of fused-ring (bicyclic) bond motifs is 1. The molecule has 0 radical (unpaired) electrons. The van der Waals surface area contributed by atoms with Crippen molar-refractivity contribution >= 4 is 5.78 Å². The van der Waals surface area contributed by atoms with Crippen LogP contribution in [0.3, 0.4) is 0 Å². The van der Waals surface area contributed by atoms with Crippen LogP contribution in [-0.4, -0.2) is 15.9 Å². The molecule has 4 nitrogen and oxygen atoms in total. The number of hydrogen-bond acceptors (Lipinski definition) is 4. The van der Waals surface area contributed by atoms with Crippen LogP contribution in [0.25, 0.3) is 11.3 Å². The normalized spacial score (nSPS) is 16.6. The zero-order chi connectivity index (χ0) is 15.8. The van der Waals surface area contributed by atoms with Crippen molar-refractivity contribution < 1.29 is 14.3 Å². The fourth-order valence-corrected chi connectivity index (χ4v) is 3.26. The van der Waals surface area contributed by atoms with Crippen LogP contribution in [0, 0.1) is 0 Å². The van der Waals surface area contributed by atoms with Crippen molar-refractivity contribution in [1.29, 1.82) is 0 Å². The Hall–Kier alpha value is -2.72. The Morgan fingerprint density at radius 2 is 1.91 bits per heavy atom. The average molecular weight is 305 g/mol. The van der Waals surface area contributed by atoms with Crippen LogP contribution in [0.5, 0.6) is 0 Å². The highest BCUT2D eigenvalue weighted by Gasteiger charge is 2.33. The molecule has 0 aliphatic heterocycles. The molecule has 1 aromatic carbocycles. The number of rotatable bonds is 3. The lowest BCUT2D eigenvalue weighted by atomic mass is 9.91. The maximum atomic E-state index is 12.3. The molecule has 23 heavy (non-hydrogen) atoms. The van der Waals surface area contributed by atoms with E-state index in [0.29, 0.717) is 17.9 Å². The summed E-state index contributed by atoms with van der Waals surface area (Å²) in [5.74, 6) is 1.32. The summed E-state index contributed by atoms with van der Waals surface area (Å²) in [4.78, 5) is 16.3. The quantitative estimate of drug-likeness (QED) is 0.803. The maximum Gasteiger partial charge on any atom is 0.164 e. The van der Waals surface area contributed by atoms with Gasteiger partial charge in [-0.2, -0.15) is 0 Å². The number of furan rings is 1. The largest absolute Gasteiger partial charge is 0.458 e. The lowest BCUT2D eigenvalue weighted by Gasteiger charge is -2.11. The molecule has 0 bridgehead atoms. The molecule has 4 rings (SSSR count). The number of aliphatic hydroxyl groups is 1. The van der Waals surface area contributed by atoms with E-state index in [4.69, 9.17) is 4.42 Å². The van der Waals surface area contributed by atoms with Gasteiger partial charge in [0.1, 0.15) is 18.1 Å². The number of hydrogen-bond donors (Lipinski definition) is 1. The van der Waals surface area contributed by atoms with Crippen molar-refractivity contribution in [2.24, 2.45) is 0 Å². The molecule has 1 unspecified atom stereocenters. The first-order valence-electron chi connectivity index (χ1n) is 7.54. The third-order valence-electron chi connectivity index (χ3n) is 4.31. The van der Waals surface area contributed by atoms with Crippen molar-refractivity contribution in [3.05, 3.63) is 77.3 Å². The van der Waals surface area contributed by atoms with E-state index in [1.165, 1.54) is 0 Å². The minimum atomic E-state index is -0.166. The number of Topliss-reactive ketones (excluding diaryl/α,β-unsaturated/α-hetero) is 1. The SMILES string of the molecule is O=C1CC(c2cc(CO)oc2-c2ccncc2)c2ccccc21. The van der Waals surface area contributed by atoms with Crippen molar-refractivity contribution in [1.82, 2.24) is 4.98 Å². The van der Waals surface area contributed by atoms with Crippen molar-refractivity contribution in [2.45, 2.75) is 18.9 Å². The first-order chi connectivity index (χ1) is 11.3. The third kappa shape index (κ3) is 2.28. The molecule has 2 heterocycles. The Labute approximate surface area is 133 Å². The minimum Gasteiger partial charge on any atom is -0.458 e. The summed E-state index contributed by atoms with van der Waals surface area (Å²) in [5.41, 5.74) is 3.65. The van der Waals surface area contributed by atoms with E-state index >= 15 is 0 Å². The van der Waals surface area contributed by atoms with Crippen LogP contribution in [0.15, 0.2) is 59.3 Å². The number of pyridine rings is 1. The zero-order valence-corrected chi connectivity index (χ0v) is 12.4. The number of aromatic nitrogens is 1. The van der Waals surface area contributed by atoms with Gasteiger partial charge in [-0.1, -0.05) is 24.3 Å². The summed E-state index contributed by atoms with van der Waals surface area (Å²) in [6.07, 6.45) is 3.84. The first kappa shape index (κ1) is 13.9. The minimum absolute atomic E-state index is 0.0362. The lowest BCUT2D eigenvalue weighted by Crippen LogP contribution is -1.97. The predicted octanol–water partition coefficient (Wildman–Crippen LogP) is 3.55. The first-order valence-corrected chi connectivity index (χ1v) is 7.54. The van der Waals surface area contributed by atoms with E-state index in [2.05, 4.69) is 4.98 Å². The second-order valence-corrected chi connectivity index (χ2v) is 5.66. The fraction of sp³-hybridized carbons (Fsp3) is 0.158. The molecule has 0 saturated heterocycles. The molecule has 3 aromatic rings. The van der Waals surface area contributed by atoms with Gasteiger partial charge in [-0.3, -0.25) is 9.78 Å². The maximum absolute atomic E-state index is 12.3. The van der Waals surface area contributed by atoms with Gasteiger partial charge in [0.05, 0.1) is 0 Å². The second kappa shape index (κ2) is 5.48. The van der Waals surface area contributed by atoms with Crippen molar-refractivity contribution in [3.8, 4) is 11.3 Å². The van der Waals surface area contributed by atoms with Crippen LogP contribution in [-0.2, 0) is 6.61 Å². The number of carbonyl (C=O) groups excluding carboxylic acids is 1. The van der Waals surface area contributed by atoms with Gasteiger partial charge in [0.25, 0.3) is 0 Å². The van der Waals surface area contributed by atoms with Crippen LogP contribution >= 0.6 is 0 Å². The fourth-order valence-electron chi connectivity index (χ4n) is 3.26. The molecule has 1 aliphatic rings. The van der Waals surface area contributed by atoms with Crippen LogP contribution in [0.2, 0.25) is 0 Å². The lowest BCUT2D eigenvalue weighted by molar-refractivity contribution is 0.0991. The highest BCUT2D eigenvalue weighted by molar-refractivity contribution is 6.02. The molecule has 0 saturated carbocycles. The summed E-state index contributed by atoms with van der Waals surface area (Å²) in [6, 6.07) is 13.3. The van der Waals surface area contributed by atoms with Crippen LogP contribution in [0.1, 0.15) is 39.6 Å². The topological polar surface area (TPSA) is 63.3 Å². The van der Waals surface area contributed by atoms with Crippen LogP contribution in [0.4, 0.5) is 0 Å². The Morgan fingerprint density at radius 1 is 1.13 bits per heavy atom. The molecule has 0 amide bonds. The van der Waals surface area contributed by atoms with Crippen molar-refractivity contribution in [3.63, 3.8) is 0 Å². The van der Waals surface area contributed by atoms with Crippen molar-refractivity contribution in [2.75, 3.05) is 0 Å². The van der Waals surface area contributed by atoms with Gasteiger partial charge < -0.3 is 9.52 Å². The van der Waals surface area contributed by atoms with Crippen LogP contribution < -0.4 is 0 Å². The molecule has 2 aromatic heterocycles. The highest BCUT2D eigenvalue weighted by Crippen LogP contribution is 2.43. The third-order valence-corrected chi connectivity index (χ3v) is 4.31. The number of carbonyl (C=O) groups is 1. The summed E-state index contributed by atoms with van der Waals surface area (Å²) < 4.78 is 5.82. The molecule has 4 heteroatoms. The van der Waals surface area contributed by atoms with E-state index in [0.717, 1.165) is 22.3 Å². The van der Waals surface area contributed by atoms with E-state index in [-0.39, 0.29) is 18.3 Å². The predicted molar refractivity (Wildman–Crippen MR) is 85.1 cm³/mol. The van der Waals surface area contributed by atoms with E-state index < -0.39 is 0 Å². The molecular weight excluding hydrogens is 290 g/mol.